The van der Waals surface area contributed by atoms with Gasteiger partial charge in [0.1, 0.15) is 18.1 Å². The minimum absolute atomic E-state index is 0.132. The van der Waals surface area contributed by atoms with Crippen molar-refractivity contribution in [3.63, 3.8) is 0 Å². The number of hydrogen-bond donors (Lipinski definition) is 8. The summed E-state index contributed by atoms with van der Waals surface area (Å²) in [6, 6.07) is -5.03. The topological polar surface area (TPSA) is 208 Å². The van der Waals surface area contributed by atoms with Crippen LogP contribution in [0.25, 0.3) is 0 Å². The van der Waals surface area contributed by atoms with Gasteiger partial charge in [-0.1, -0.05) is 13.8 Å². The number of aliphatic carboxylic acids is 2. The maximum Gasteiger partial charge on any atom is 0.326 e. The van der Waals surface area contributed by atoms with E-state index in [4.69, 9.17) is 15.9 Å². The van der Waals surface area contributed by atoms with Gasteiger partial charge in [0.05, 0.1) is 12.6 Å². The second-order valence-corrected chi connectivity index (χ2v) is 7.42. The summed E-state index contributed by atoms with van der Waals surface area (Å²) in [5.41, 5.74) is 5.73. The van der Waals surface area contributed by atoms with Crippen LogP contribution in [0, 0.1) is 5.92 Å². The molecule has 0 heterocycles. The number of carbonyl (C=O) groups is 5. The number of aliphatic hydroxyl groups excluding tert-OH is 1. The molecule has 30 heavy (non-hydrogen) atoms. The van der Waals surface area contributed by atoms with E-state index in [1.54, 1.807) is 0 Å². The molecular formula is C17H30N4O8S. The van der Waals surface area contributed by atoms with Crippen LogP contribution in [0.1, 0.15) is 33.1 Å². The molecule has 0 radical (unpaired) electrons. The molecule has 0 aromatic carbocycles. The number of nitrogens with one attached hydrogen (secondary N) is 3. The Morgan fingerprint density at radius 3 is 1.83 bits per heavy atom. The van der Waals surface area contributed by atoms with Crippen LogP contribution < -0.4 is 21.7 Å². The highest BCUT2D eigenvalue weighted by atomic mass is 32.1. The SMILES string of the molecule is CC(C)CC(N)C(=O)NC(CO)C(=O)NC(CS)C(=O)NC(CCC(=O)O)C(=O)O. The monoisotopic (exact) mass is 450 g/mol. The predicted octanol–water partition coefficient (Wildman–Crippen LogP) is -2.31. The number of nitrogens with two attached hydrogens (primary N) is 1. The number of hydrogen-bond acceptors (Lipinski definition) is 8. The molecule has 0 bridgehead atoms. The number of carbonyl (C=O) groups excluding carboxylic acids is 3. The Labute approximate surface area is 179 Å². The lowest BCUT2D eigenvalue weighted by Crippen LogP contribution is -2.58. The number of aliphatic hydroxyl groups is 1. The van der Waals surface area contributed by atoms with Crippen molar-refractivity contribution in [2.24, 2.45) is 11.7 Å². The van der Waals surface area contributed by atoms with Gasteiger partial charge in [-0.3, -0.25) is 19.2 Å². The van der Waals surface area contributed by atoms with E-state index >= 15 is 0 Å². The molecule has 172 valence electrons. The van der Waals surface area contributed by atoms with Gasteiger partial charge < -0.3 is 37.0 Å². The summed E-state index contributed by atoms with van der Waals surface area (Å²) in [4.78, 5) is 58.5. The highest BCUT2D eigenvalue weighted by Gasteiger charge is 2.29. The summed E-state index contributed by atoms with van der Waals surface area (Å²) in [6.07, 6.45) is -0.475. The van der Waals surface area contributed by atoms with Gasteiger partial charge in [0.25, 0.3) is 0 Å². The lowest BCUT2D eigenvalue weighted by molar-refractivity contribution is -0.143. The van der Waals surface area contributed by atoms with Gasteiger partial charge in [0, 0.05) is 12.2 Å². The maximum atomic E-state index is 12.3. The van der Waals surface area contributed by atoms with Gasteiger partial charge in [0.2, 0.25) is 17.7 Å². The zero-order valence-electron chi connectivity index (χ0n) is 16.8. The summed E-state index contributed by atoms with van der Waals surface area (Å²) in [5, 5.41) is 33.8. The van der Waals surface area contributed by atoms with Crippen LogP contribution >= 0.6 is 12.6 Å². The standard InChI is InChI=1S/C17H30N4O8S/c1-8(2)5-9(18)14(25)20-11(6-22)15(26)21-12(7-30)16(27)19-10(17(28)29)3-4-13(23)24/h8-12,22,30H,3-7,18H2,1-2H3,(H,19,27)(H,20,25)(H,21,26)(H,23,24)(H,28,29). The number of carboxylic acids is 2. The predicted molar refractivity (Wildman–Crippen MR) is 109 cm³/mol. The molecule has 3 amide bonds. The van der Waals surface area contributed by atoms with Crippen LogP contribution in [0.3, 0.4) is 0 Å². The fourth-order valence-electron chi connectivity index (χ4n) is 2.35. The van der Waals surface area contributed by atoms with Gasteiger partial charge in [-0.2, -0.15) is 12.6 Å². The molecule has 0 fully saturated rings. The number of rotatable bonds is 14. The summed E-state index contributed by atoms with van der Waals surface area (Å²) in [6.45, 7) is 2.96. The lowest BCUT2D eigenvalue weighted by Gasteiger charge is -2.23. The molecule has 0 saturated heterocycles. The normalized spacial score (nSPS) is 14.9. The molecule has 0 rings (SSSR count). The van der Waals surface area contributed by atoms with Crippen molar-refractivity contribution in [1.82, 2.24) is 16.0 Å². The third-order valence-electron chi connectivity index (χ3n) is 3.95. The van der Waals surface area contributed by atoms with Crippen LogP contribution in [0.2, 0.25) is 0 Å². The number of amides is 3. The first-order valence-electron chi connectivity index (χ1n) is 9.25. The number of thiol groups is 1. The van der Waals surface area contributed by atoms with E-state index in [2.05, 4.69) is 28.6 Å². The van der Waals surface area contributed by atoms with E-state index in [-0.39, 0.29) is 18.1 Å². The maximum absolute atomic E-state index is 12.3. The lowest BCUT2D eigenvalue weighted by atomic mass is 10.0. The largest absolute Gasteiger partial charge is 0.481 e. The molecule has 0 saturated carbocycles. The van der Waals surface area contributed by atoms with Crippen molar-refractivity contribution in [2.75, 3.05) is 12.4 Å². The third-order valence-corrected chi connectivity index (χ3v) is 4.32. The van der Waals surface area contributed by atoms with Crippen molar-refractivity contribution in [3.8, 4) is 0 Å². The Hall–Kier alpha value is -2.38. The van der Waals surface area contributed by atoms with Crippen molar-refractivity contribution < 1.29 is 39.3 Å². The Balaban J connectivity index is 4.98. The van der Waals surface area contributed by atoms with Crippen LogP contribution in [-0.4, -0.2) is 81.5 Å². The van der Waals surface area contributed by atoms with Gasteiger partial charge >= 0.3 is 11.9 Å². The molecule has 0 aromatic heterocycles. The van der Waals surface area contributed by atoms with Crippen LogP contribution in [0.5, 0.6) is 0 Å². The first-order valence-corrected chi connectivity index (χ1v) is 9.89. The van der Waals surface area contributed by atoms with Gasteiger partial charge in [-0.15, -0.1) is 0 Å². The Kier molecular flexibility index (Phi) is 12.7. The van der Waals surface area contributed by atoms with E-state index in [0.717, 1.165) is 0 Å². The first kappa shape index (κ1) is 27.6. The minimum atomic E-state index is -1.48. The Morgan fingerprint density at radius 2 is 1.40 bits per heavy atom. The van der Waals surface area contributed by atoms with Crippen molar-refractivity contribution in [2.45, 2.75) is 57.3 Å². The van der Waals surface area contributed by atoms with E-state index in [1.807, 2.05) is 13.8 Å². The van der Waals surface area contributed by atoms with Gasteiger partial charge in [-0.25, -0.2) is 4.79 Å². The van der Waals surface area contributed by atoms with Crippen LogP contribution in [0.4, 0.5) is 0 Å². The first-order chi connectivity index (χ1) is 13.9. The average Bonchev–Trinajstić information content (AvgIpc) is 2.65. The smallest absolute Gasteiger partial charge is 0.326 e. The second kappa shape index (κ2) is 13.8. The van der Waals surface area contributed by atoms with E-state index in [0.29, 0.717) is 6.42 Å². The zero-order chi connectivity index (χ0) is 23.4. The van der Waals surface area contributed by atoms with Gasteiger partial charge in [0.15, 0.2) is 0 Å². The summed E-state index contributed by atoms with van der Waals surface area (Å²) in [5.74, 6) is -5.20. The third kappa shape index (κ3) is 10.4. The molecule has 4 unspecified atom stereocenters. The summed E-state index contributed by atoms with van der Waals surface area (Å²) in [7, 11) is 0. The van der Waals surface area contributed by atoms with E-state index < -0.39 is 66.9 Å². The molecule has 0 aliphatic rings. The molecule has 0 aliphatic heterocycles. The summed E-state index contributed by atoms with van der Waals surface area (Å²) >= 11 is 3.94. The highest BCUT2D eigenvalue weighted by Crippen LogP contribution is 2.03. The van der Waals surface area contributed by atoms with Crippen LogP contribution in [0.15, 0.2) is 0 Å². The molecule has 0 aliphatic carbocycles. The van der Waals surface area contributed by atoms with Gasteiger partial charge in [-0.05, 0) is 18.8 Å². The fourth-order valence-corrected chi connectivity index (χ4v) is 2.61. The number of carboxylic acid groups (broad SMARTS) is 2. The van der Waals surface area contributed by atoms with Crippen molar-refractivity contribution >= 4 is 42.3 Å². The van der Waals surface area contributed by atoms with Crippen molar-refractivity contribution in [3.05, 3.63) is 0 Å². The zero-order valence-corrected chi connectivity index (χ0v) is 17.7. The quantitative estimate of drug-likeness (QED) is 0.133. The molecule has 4 atom stereocenters. The Morgan fingerprint density at radius 1 is 0.900 bits per heavy atom. The second-order valence-electron chi connectivity index (χ2n) is 7.06. The minimum Gasteiger partial charge on any atom is -0.481 e. The molecule has 12 nitrogen and oxygen atoms in total. The molecule has 0 aromatic rings. The average molecular weight is 451 g/mol. The summed E-state index contributed by atoms with van der Waals surface area (Å²) < 4.78 is 0. The fraction of sp³-hybridized carbons (Fsp3) is 0.706. The van der Waals surface area contributed by atoms with E-state index in [1.165, 1.54) is 0 Å². The van der Waals surface area contributed by atoms with Crippen LogP contribution in [-0.2, 0) is 24.0 Å². The Bertz CT molecular complexity index is 631. The highest BCUT2D eigenvalue weighted by molar-refractivity contribution is 7.80. The molecule has 0 spiro atoms. The van der Waals surface area contributed by atoms with Crippen molar-refractivity contribution in [1.29, 1.82) is 0 Å². The van der Waals surface area contributed by atoms with E-state index in [9.17, 15) is 29.1 Å². The molecule has 8 N–H and O–H groups in total. The molecular weight excluding hydrogens is 420 g/mol. The molecule has 13 heteroatoms.